The summed E-state index contributed by atoms with van der Waals surface area (Å²) in [4.78, 5) is 23.7. The highest BCUT2D eigenvalue weighted by Gasteiger charge is 2.26. The molecule has 0 N–H and O–H groups in total. The Morgan fingerprint density at radius 3 is 3.17 bits per heavy atom. The average molecular weight is 328 g/mol. The lowest BCUT2D eigenvalue weighted by Gasteiger charge is -2.33. The van der Waals surface area contributed by atoms with Gasteiger partial charge in [0.25, 0.3) is 5.91 Å². The lowest BCUT2D eigenvalue weighted by atomic mass is 10.1. The van der Waals surface area contributed by atoms with Crippen LogP contribution in [0, 0.1) is 0 Å². The van der Waals surface area contributed by atoms with Crippen LogP contribution in [0.5, 0.6) is 0 Å². The van der Waals surface area contributed by atoms with E-state index in [0.29, 0.717) is 23.2 Å². The standard InChI is InChI=1S/C16H16N4O2S/c21-16(14-9-18-15(23-14)13-4-2-8-22-13)19-6-1-3-12(10-19)20-7-5-17-11-20/h2,4-5,7-9,11-12H,1,3,6,10H2/t12-/m1/s1. The molecule has 6 nitrogen and oxygen atoms in total. The third-order valence-corrected chi connectivity index (χ3v) is 5.08. The predicted molar refractivity (Wildman–Crippen MR) is 86.2 cm³/mol. The van der Waals surface area contributed by atoms with Crippen LogP contribution in [0.4, 0.5) is 0 Å². The Hall–Kier alpha value is -2.41. The molecule has 4 rings (SSSR count). The van der Waals surface area contributed by atoms with E-state index in [1.54, 1.807) is 18.7 Å². The summed E-state index contributed by atoms with van der Waals surface area (Å²) >= 11 is 1.38. The second-order valence-electron chi connectivity index (χ2n) is 5.56. The van der Waals surface area contributed by atoms with Gasteiger partial charge in [-0.1, -0.05) is 0 Å². The topological polar surface area (TPSA) is 64.2 Å². The molecule has 0 bridgehead atoms. The van der Waals surface area contributed by atoms with Crippen molar-refractivity contribution in [3.8, 4) is 10.8 Å². The van der Waals surface area contributed by atoms with Crippen LogP contribution in [-0.4, -0.2) is 38.4 Å². The second kappa shape index (κ2) is 6.00. The summed E-state index contributed by atoms with van der Waals surface area (Å²) in [6.45, 7) is 1.50. The first kappa shape index (κ1) is 14.2. The summed E-state index contributed by atoms with van der Waals surface area (Å²) in [5, 5.41) is 0.738. The Labute approximate surface area is 137 Å². The monoisotopic (exact) mass is 328 g/mol. The number of rotatable bonds is 3. The molecule has 23 heavy (non-hydrogen) atoms. The number of carbonyl (C=O) groups excluding carboxylic acids is 1. The largest absolute Gasteiger partial charge is 0.462 e. The number of piperidine rings is 1. The number of furan rings is 1. The molecule has 1 amide bonds. The highest BCUT2D eigenvalue weighted by atomic mass is 32.1. The van der Waals surface area contributed by atoms with Gasteiger partial charge in [-0.2, -0.15) is 0 Å². The summed E-state index contributed by atoms with van der Waals surface area (Å²) in [6, 6.07) is 3.97. The average Bonchev–Trinajstić information content (AvgIpc) is 3.36. The van der Waals surface area contributed by atoms with E-state index in [1.165, 1.54) is 11.3 Å². The molecule has 7 heteroatoms. The maximum Gasteiger partial charge on any atom is 0.265 e. The summed E-state index contributed by atoms with van der Waals surface area (Å²) in [7, 11) is 0. The van der Waals surface area contributed by atoms with Crippen LogP contribution >= 0.6 is 11.3 Å². The van der Waals surface area contributed by atoms with Crippen molar-refractivity contribution in [3.05, 3.63) is 48.2 Å². The first-order chi connectivity index (χ1) is 11.3. The Bertz CT molecular complexity index is 779. The van der Waals surface area contributed by atoms with Crippen molar-refractivity contribution in [1.29, 1.82) is 0 Å². The van der Waals surface area contributed by atoms with E-state index in [9.17, 15) is 4.79 Å². The van der Waals surface area contributed by atoms with Crippen LogP contribution < -0.4 is 0 Å². The zero-order valence-corrected chi connectivity index (χ0v) is 13.3. The first-order valence-electron chi connectivity index (χ1n) is 7.57. The Morgan fingerprint density at radius 2 is 2.39 bits per heavy atom. The Balaban J connectivity index is 1.50. The minimum absolute atomic E-state index is 0.0464. The lowest BCUT2D eigenvalue weighted by Crippen LogP contribution is -2.40. The molecule has 1 atom stereocenters. The number of aromatic nitrogens is 3. The van der Waals surface area contributed by atoms with E-state index >= 15 is 0 Å². The van der Waals surface area contributed by atoms with Crippen LogP contribution in [-0.2, 0) is 0 Å². The third-order valence-electron chi connectivity index (χ3n) is 4.08. The normalized spacial score (nSPS) is 18.3. The highest BCUT2D eigenvalue weighted by molar-refractivity contribution is 7.16. The minimum atomic E-state index is 0.0464. The van der Waals surface area contributed by atoms with Crippen LogP contribution in [0.3, 0.4) is 0 Å². The molecule has 0 unspecified atom stereocenters. The number of amides is 1. The van der Waals surface area contributed by atoms with Crippen molar-refractivity contribution >= 4 is 17.2 Å². The van der Waals surface area contributed by atoms with Crippen LogP contribution in [0.2, 0.25) is 0 Å². The van der Waals surface area contributed by atoms with Crippen molar-refractivity contribution in [1.82, 2.24) is 19.4 Å². The molecular weight excluding hydrogens is 312 g/mol. The number of imidazole rings is 1. The number of thiazole rings is 1. The van der Waals surface area contributed by atoms with Gasteiger partial charge in [-0.25, -0.2) is 9.97 Å². The Kier molecular flexibility index (Phi) is 3.70. The summed E-state index contributed by atoms with van der Waals surface area (Å²) in [5.41, 5.74) is 0. The third kappa shape index (κ3) is 2.79. The van der Waals surface area contributed by atoms with Gasteiger partial charge >= 0.3 is 0 Å². The maximum absolute atomic E-state index is 12.7. The number of hydrogen-bond acceptors (Lipinski definition) is 5. The fraction of sp³-hybridized carbons (Fsp3) is 0.312. The van der Waals surface area contributed by atoms with Gasteiger partial charge in [0.2, 0.25) is 0 Å². The molecule has 118 valence electrons. The van der Waals surface area contributed by atoms with E-state index in [0.717, 1.165) is 24.4 Å². The Morgan fingerprint density at radius 1 is 1.43 bits per heavy atom. The smallest absolute Gasteiger partial charge is 0.265 e. The van der Waals surface area contributed by atoms with Crippen molar-refractivity contribution in [3.63, 3.8) is 0 Å². The fourth-order valence-corrected chi connectivity index (χ4v) is 3.76. The fourth-order valence-electron chi connectivity index (χ4n) is 2.91. The molecular formula is C16H16N4O2S. The maximum atomic E-state index is 12.7. The van der Waals surface area contributed by atoms with Crippen molar-refractivity contribution in [2.24, 2.45) is 0 Å². The van der Waals surface area contributed by atoms with Crippen molar-refractivity contribution in [2.45, 2.75) is 18.9 Å². The molecule has 4 heterocycles. The van der Waals surface area contributed by atoms with Crippen LogP contribution in [0.15, 0.2) is 47.7 Å². The molecule has 0 aliphatic carbocycles. The molecule has 3 aromatic heterocycles. The number of likely N-dealkylation sites (tertiary alicyclic amines) is 1. The quantitative estimate of drug-likeness (QED) is 0.741. The van der Waals surface area contributed by atoms with E-state index < -0.39 is 0 Å². The zero-order chi connectivity index (χ0) is 15.6. The molecule has 1 aliphatic rings. The number of hydrogen-bond donors (Lipinski definition) is 0. The van der Waals surface area contributed by atoms with Gasteiger partial charge in [0.1, 0.15) is 4.88 Å². The van der Waals surface area contributed by atoms with Crippen molar-refractivity contribution in [2.75, 3.05) is 13.1 Å². The van der Waals surface area contributed by atoms with Gasteiger partial charge < -0.3 is 13.9 Å². The molecule has 0 spiro atoms. The molecule has 1 saturated heterocycles. The van der Waals surface area contributed by atoms with E-state index in [4.69, 9.17) is 4.42 Å². The lowest BCUT2D eigenvalue weighted by molar-refractivity contribution is 0.0684. The molecule has 1 fully saturated rings. The predicted octanol–water partition coefficient (Wildman–Crippen LogP) is 3.08. The van der Waals surface area contributed by atoms with Gasteiger partial charge in [-0.15, -0.1) is 11.3 Å². The number of nitrogens with zero attached hydrogens (tertiary/aromatic N) is 4. The molecule has 0 saturated carbocycles. The van der Waals surface area contributed by atoms with E-state index in [-0.39, 0.29) is 5.91 Å². The highest BCUT2D eigenvalue weighted by Crippen LogP contribution is 2.28. The minimum Gasteiger partial charge on any atom is -0.462 e. The van der Waals surface area contributed by atoms with Crippen LogP contribution in [0.25, 0.3) is 10.8 Å². The van der Waals surface area contributed by atoms with E-state index in [1.807, 2.05) is 29.6 Å². The second-order valence-corrected chi connectivity index (χ2v) is 6.59. The van der Waals surface area contributed by atoms with Gasteiger partial charge in [0.15, 0.2) is 10.8 Å². The zero-order valence-electron chi connectivity index (χ0n) is 12.5. The van der Waals surface area contributed by atoms with Gasteiger partial charge in [0.05, 0.1) is 24.8 Å². The number of carbonyl (C=O) groups is 1. The first-order valence-corrected chi connectivity index (χ1v) is 8.39. The molecule has 0 radical (unpaired) electrons. The van der Waals surface area contributed by atoms with Gasteiger partial charge in [0, 0.05) is 25.5 Å². The molecule has 3 aromatic rings. The van der Waals surface area contributed by atoms with E-state index in [2.05, 4.69) is 14.5 Å². The van der Waals surface area contributed by atoms with Gasteiger partial charge in [-0.3, -0.25) is 4.79 Å². The summed E-state index contributed by atoms with van der Waals surface area (Å²) in [5.74, 6) is 0.745. The summed E-state index contributed by atoms with van der Waals surface area (Å²) in [6.07, 6.45) is 10.9. The molecule has 0 aromatic carbocycles. The summed E-state index contributed by atoms with van der Waals surface area (Å²) < 4.78 is 7.42. The van der Waals surface area contributed by atoms with Crippen molar-refractivity contribution < 1.29 is 9.21 Å². The SMILES string of the molecule is O=C(c1cnc(-c2ccco2)s1)N1CCC[C@@H](n2ccnc2)C1. The van der Waals surface area contributed by atoms with Crippen LogP contribution in [0.1, 0.15) is 28.6 Å². The van der Waals surface area contributed by atoms with Gasteiger partial charge in [-0.05, 0) is 25.0 Å². The molecule has 1 aliphatic heterocycles.